The molecule has 2 aromatic carbocycles. The maximum atomic E-state index is 14.3. The lowest BCUT2D eigenvalue weighted by atomic mass is 9.99. The summed E-state index contributed by atoms with van der Waals surface area (Å²) in [6.07, 6.45) is 1.31. The van der Waals surface area contributed by atoms with Crippen LogP contribution in [0.25, 0.3) is 10.4 Å². The van der Waals surface area contributed by atoms with Crippen molar-refractivity contribution in [1.82, 2.24) is 37.2 Å². The molecule has 7 amide bonds. The fourth-order valence-electron chi connectivity index (χ4n) is 7.66. The standard InChI is InChI=1S/C42H55F4N11O12S3/c43-30-29(31(44)33(46)35(32(30)45)56-57-48)39(62)51-17-7-2-4-14-28(59)52-24(38(61)55-40(72(68)69)26(71(66)67)19-23(47)41(63)64)12-5-8-15-49-27(58)13-3-1-6-16-50-37(60)22-11-9-10-21(18-22)36-34-25(20-70-36)53-42(65)54-34/h9-11,18,23-26,34,36,40H,1-8,12-17,19-20,47H2,(H,49,58)(H,50,60)(H,51,62)(H,52,59)(H,55,61)(H,63,64)(H,66,67)(H,68,69)(H2,53,54,65)/p-2. The van der Waals surface area contributed by atoms with E-state index in [0.717, 1.165) is 11.3 Å². The molecule has 2 fully saturated rings. The molecule has 0 bridgehead atoms. The fraction of sp³-hybridized carbons (Fsp3) is 0.548. The number of amides is 7. The molecule has 0 aromatic heterocycles. The third-order valence-electron chi connectivity index (χ3n) is 11.4. The summed E-state index contributed by atoms with van der Waals surface area (Å²) in [6.45, 7) is 0.220. The Bertz CT molecular complexity index is 2400. The van der Waals surface area contributed by atoms with E-state index >= 15 is 0 Å². The van der Waals surface area contributed by atoms with Crippen LogP contribution in [-0.4, -0.2) is 124 Å². The summed E-state index contributed by atoms with van der Waals surface area (Å²) < 4.78 is 105. The first kappa shape index (κ1) is 58.7. The fourth-order valence-corrected chi connectivity index (χ4v) is 10.9. The number of halogens is 4. The SMILES string of the molecule is [N-]=[N+]=Nc1c(F)c(F)c(C(=O)NCCCCCC(=O)NC(CCCCNC(=O)CCCCCNC(=O)c2cccc(C3SCC4NC(=O)NC43)c2)C(=O)NC(C(CC(N)C(=O)O)S(=O)[O-])S(=O)[O-])c(F)c1F. The van der Waals surface area contributed by atoms with Gasteiger partial charge in [0.05, 0.1) is 22.6 Å². The number of fused-ring (bicyclic) bond motifs is 1. The molecule has 0 spiro atoms. The minimum Gasteiger partial charge on any atom is -0.772 e. The Morgan fingerprint density at radius 3 is 2.06 bits per heavy atom. The van der Waals surface area contributed by atoms with Crippen molar-refractivity contribution in [2.45, 2.75) is 117 Å². The number of carboxylic acid groups (broad SMARTS) is 1. The number of hydrogen-bond acceptors (Lipinski definition) is 14. The normalized spacial score (nSPS) is 18.4. The number of carbonyl (C=O) groups is 7. The zero-order valence-electron chi connectivity index (χ0n) is 38.3. The predicted octanol–water partition coefficient (Wildman–Crippen LogP) is 2.45. The third kappa shape index (κ3) is 17.1. The topological polar surface area (TPSA) is 379 Å². The van der Waals surface area contributed by atoms with Gasteiger partial charge in [-0.15, -0.1) is 11.8 Å². The zero-order chi connectivity index (χ0) is 53.1. The van der Waals surface area contributed by atoms with Gasteiger partial charge in [-0.25, -0.2) is 22.4 Å². The Hall–Kier alpha value is -5.91. The van der Waals surface area contributed by atoms with Crippen LogP contribution in [0.1, 0.15) is 109 Å². The van der Waals surface area contributed by atoms with E-state index in [0.29, 0.717) is 31.4 Å². The average molecular weight is 1080 g/mol. The molecule has 396 valence electrons. The van der Waals surface area contributed by atoms with Gasteiger partial charge in [0.25, 0.3) is 11.8 Å². The Morgan fingerprint density at radius 1 is 0.833 bits per heavy atom. The van der Waals surface area contributed by atoms with Crippen molar-refractivity contribution in [3.8, 4) is 0 Å². The van der Waals surface area contributed by atoms with E-state index < -0.39 is 109 Å². The predicted molar refractivity (Wildman–Crippen MR) is 250 cm³/mol. The van der Waals surface area contributed by atoms with E-state index in [4.69, 9.17) is 16.4 Å². The summed E-state index contributed by atoms with van der Waals surface area (Å²) in [6, 6.07) is 3.72. The Balaban J connectivity index is 1.21. The largest absolute Gasteiger partial charge is 0.772 e. The van der Waals surface area contributed by atoms with E-state index in [-0.39, 0.29) is 99.6 Å². The highest BCUT2D eigenvalue weighted by Gasteiger charge is 2.44. The highest BCUT2D eigenvalue weighted by Crippen LogP contribution is 2.42. The Morgan fingerprint density at radius 2 is 1.44 bits per heavy atom. The van der Waals surface area contributed by atoms with Gasteiger partial charge in [0.15, 0.2) is 23.3 Å². The average Bonchev–Trinajstić information content (AvgIpc) is 3.91. The number of nitrogens with zero attached hydrogens (tertiary/aromatic N) is 3. The van der Waals surface area contributed by atoms with Gasteiger partial charge in [-0.3, -0.25) is 37.2 Å². The highest BCUT2D eigenvalue weighted by atomic mass is 32.2. The second kappa shape index (κ2) is 29.0. The number of thioether (sulfide) groups is 1. The van der Waals surface area contributed by atoms with Crippen molar-refractivity contribution in [2.75, 3.05) is 25.4 Å². The van der Waals surface area contributed by atoms with Crippen molar-refractivity contribution < 1.29 is 73.8 Å². The molecular weight excluding hydrogens is 1020 g/mol. The number of aliphatic carboxylic acids is 1. The number of carboxylic acids is 1. The van der Waals surface area contributed by atoms with Crippen LogP contribution in [0.5, 0.6) is 0 Å². The van der Waals surface area contributed by atoms with Crippen LogP contribution < -0.4 is 43.0 Å². The van der Waals surface area contributed by atoms with Crippen molar-refractivity contribution >= 4 is 81.1 Å². The van der Waals surface area contributed by atoms with Crippen LogP contribution in [0.15, 0.2) is 29.4 Å². The minimum atomic E-state index is -3.34. The lowest BCUT2D eigenvalue weighted by molar-refractivity contribution is -0.138. The highest BCUT2D eigenvalue weighted by molar-refractivity contribution is 7.99. The molecule has 0 aliphatic carbocycles. The van der Waals surface area contributed by atoms with Crippen LogP contribution in [-0.2, 0) is 41.3 Å². The van der Waals surface area contributed by atoms with Gasteiger partial charge in [-0.05, 0) is 96.8 Å². The quantitative estimate of drug-likeness (QED) is 0.00794. The second-order valence-electron chi connectivity index (χ2n) is 16.6. The molecule has 4 rings (SSSR count). The number of hydrogen-bond donors (Lipinski definition) is 9. The molecule has 9 atom stereocenters. The van der Waals surface area contributed by atoms with Crippen LogP contribution in [0.2, 0.25) is 0 Å². The van der Waals surface area contributed by atoms with Crippen molar-refractivity contribution in [1.29, 1.82) is 0 Å². The number of unbranched alkanes of at least 4 members (excludes halogenated alkanes) is 5. The molecule has 72 heavy (non-hydrogen) atoms. The Labute approximate surface area is 418 Å². The van der Waals surface area contributed by atoms with Gasteiger partial charge in [0.2, 0.25) is 17.7 Å². The maximum absolute atomic E-state index is 14.3. The number of carbonyl (C=O) groups excluding carboxylic acids is 6. The smallest absolute Gasteiger partial charge is 0.320 e. The molecule has 0 radical (unpaired) electrons. The minimum absolute atomic E-state index is 0.0141. The van der Waals surface area contributed by atoms with Crippen LogP contribution >= 0.6 is 11.8 Å². The molecule has 23 nitrogen and oxygen atoms in total. The van der Waals surface area contributed by atoms with E-state index in [1.165, 1.54) is 0 Å². The molecular formula is C42H53F4N11O12S3-2. The molecule has 10 N–H and O–H groups in total. The molecule has 9 unspecified atom stereocenters. The molecule has 0 saturated carbocycles. The zero-order valence-corrected chi connectivity index (χ0v) is 40.7. The molecule has 2 saturated heterocycles. The van der Waals surface area contributed by atoms with Crippen molar-refractivity contribution in [3.63, 3.8) is 0 Å². The number of nitrogens with two attached hydrogens (primary N) is 1. The number of nitrogens with one attached hydrogen (secondary N) is 7. The number of benzene rings is 2. The molecule has 30 heteroatoms. The summed E-state index contributed by atoms with van der Waals surface area (Å²) in [4.78, 5) is 89.3. The van der Waals surface area contributed by atoms with Crippen LogP contribution in [0, 0.1) is 23.3 Å². The summed E-state index contributed by atoms with van der Waals surface area (Å²) in [7, 11) is 0. The lowest BCUT2D eigenvalue weighted by Gasteiger charge is -2.33. The third-order valence-corrected chi connectivity index (χ3v) is 14.9. The van der Waals surface area contributed by atoms with Gasteiger partial charge in [-0.1, -0.05) is 30.1 Å². The van der Waals surface area contributed by atoms with Crippen molar-refractivity contribution in [3.05, 3.63) is 74.7 Å². The summed E-state index contributed by atoms with van der Waals surface area (Å²) in [5.41, 5.74) is 12.0. The van der Waals surface area contributed by atoms with Gasteiger partial charge in [-0.2, -0.15) is 0 Å². The monoisotopic (exact) mass is 1080 g/mol. The molecule has 2 heterocycles. The first-order valence-corrected chi connectivity index (χ1v) is 25.8. The maximum Gasteiger partial charge on any atom is 0.320 e. The van der Waals surface area contributed by atoms with Gasteiger partial charge in [0, 0.05) is 48.7 Å². The van der Waals surface area contributed by atoms with E-state index in [2.05, 4.69) is 41.9 Å². The molecule has 2 aromatic rings. The second-order valence-corrected chi connectivity index (χ2v) is 19.9. The Kier molecular flexibility index (Phi) is 23.6. The number of azide groups is 1. The summed E-state index contributed by atoms with van der Waals surface area (Å²) >= 11 is -4.89. The first-order valence-electron chi connectivity index (χ1n) is 22.5. The van der Waals surface area contributed by atoms with Crippen LogP contribution in [0.4, 0.5) is 28.0 Å². The summed E-state index contributed by atoms with van der Waals surface area (Å²) in [5.74, 6) is -13.2. The number of urea groups is 1. The molecule has 2 aliphatic rings. The van der Waals surface area contributed by atoms with Crippen LogP contribution in [0.3, 0.4) is 0 Å². The van der Waals surface area contributed by atoms with E-state index in [1.54, 1.807) is 23.9 Å². The van der Waals surface area contributed by atoms with E-state index in [1.807, 2.05) is 17.4 Å². The van der Waals surface area contributed by atoms with E-state index in [9.17, 15) is 68.6 Å². The van der Waals surface area contributed by atoms with Gasteiger partial charge in [0.1, 0.15) is 28.7 Å². The van der Waals surface area contributed by atoms with Gasteiger partial charge >= 0.3 is 12.0 Å². The summed E-state index contributed by atoms with van der Waals surface area (Å²) in [5, 5.41) is 25.5. The van der Waals surface area contributed by atoms with Gasteiger partial charge < -0.3 is 57.2 Å². The number of rotatable bonds is 30. The molecule has 2 aliphatic heterocycles. The first-order chi connectivity index (χ1) is 34.2. The lowest BCUT2D eigenvalue weighted by Crippen LogP contribution is -2.55. The van der Waals surface area contributed by atoms with Crippen molar-refractivity contribution in [2.24, 2.45) is 10.8 Å².